The topological polar surface area (TPSA) is 96.0 Å². The number of carbonyl (C=O) groups excluding carboxylic acids is 2. The number of rotatable bonds is 2. The molecule has 17 heavy (non-hydrogen) atoms. The van der Waals surface area contributed by atoms with Crippen molar-refractivity contribution in [2.75, 3.05) is 17.2 Å². The molecule has 2 rings (SSSR count). The minimum atomic E-state index is -0.290. The normalized spacial score (nSPS) is 13.7. The van der Waals surface area contributed by atoms with Crippen molar-refractivity contribution in [2.24, 2.45) is 0 Å². The maximum Gasteiger partial charge on any atom is 0.272 e. The van der Waals surface area contributed by atoms with E-state index in [0.717, 1.165) is 0 Å². The highest BCUT2D eigenvalue weighted by Crippen LogP contribution is 2.24. The Labute approximate surface area is 98.0 Å². The predicted octanol–water partition coefficient (Wildman–Crippen LogP) is -0.0212. The zero-order chi connectivity index (χ0) is 12.4. The second kappa shape index (κ2) is 4.36. The fraction of sp³-hybridized carbons (Fsp3) is 0.400. The van der Waals surface area contributed by atoms with Gasteiger partial charge >= 0.3 is 0 Å². The summed E-state index contributed by atoms with van der Waals surface area (Å²) in [6, 6.07) is 0.0197. The lowest BCUT2D eigenvalue weighted by atomic mass is 10.2. The van der Waals surface area contributed by atoms with Crippen molar-refractivity contribution < 1.29 is 9.59 Å². The Hall–Kier alpha value is -2.18. The number of carbonyl (C=O) groups is 2. The average molecular weight is 235 g/mol. The van der Waals surface area contributed by atoms with E-state index in [1.165, 1.54) is 6.33 Å². The Bertz CT molecular complexity index is 472. The van der Waals surface area contributed by atoms with Crippen molar-refractivity contribution in [1.29, 1.82) is 0 Å². The van der Waals surface area contributed by atoms with Crippen LogP contribution in [0.15, 0.2) is 6.33 Å². The van der Waals surface area contributed by atoms with E-state index in [4.69, 9.17) is 0 Å². The highest BCUT2D eigenvalue weighted by atomic mass is 16.2. The molecule has 0 radical (unpaired) electrons. The summed E-state index contributed by atoms with van der Waals surface area (Å²) in [5, 5.41) is 8.15. The number of hydrogen-bond acceptors (Lipinski definition) is 5. The highest BCUT2D eigenvalue weighted by molar-refractivity contribution is 6.06. The van der Waals surface area contributed by atoms with Crippen LogP contribution in [0.2, 0.25) is 0 Å². The summed E-state index contributed by atoms with van der Waals surface area (Å²) in [4.78, 5) is 30.8. The fourth-order valence-corrected chi connectivity index (χ4v) is 1.50. The molecule has 0 fully saturated rings. The van der Waals surface area contributed by atoms with Gasteiger partial charge in [-0.1, -0.05) is 0 Å². The van der Waals surface area contributed by atoms with E-state index in [9.17, 15) is 9.59 Å². The van der Waals surface area contributed by atoms with Gasteiger partial charge in [0.1, 0.15) is 12.0 Å². The average Bonchev–Trinajstić information content (AvgIpc) is 2.26. The van der Waals surface area contributed by atoms with Crippen LogP contribution < -0.4 is 16.0 Å². The summed E-state index contributed by atoms with van der Waals surface area (Å²) in [6.07, 6.45) is 1.25. The van der Waals surface area contributed by atoms with Gasteiger partial charge in [-0.3, -0.25) is 9.59 Å². The van der Waals surface area contributed by atoms with Crippen molar-refractivity contribution in [1.82, 2.24) is 15.3 Å². The summed E-state index contributed by atoms with van der Waals surface area (Å²) < 4.78 is 0. The Morgan fingerprint density at radius 1 is 1.47 bits per heavy atom. The fourth-order valence-electron chi connectivity index (χ4n) is 1.50. The monoisotopic (exact) mass is 235 g/mol. The number of aromatic nitrogens is 2. The lowest BCUT2D eigenvalue weighted by Crippen LogP contribution is -2.34. The molecule has 2 heterocycles. The molecule has 7 heteroatoms. The van der Waals surface area contributed by atoms with Crippen LogP contribution in [0.3, 0.4) is 0 Å². The van der Waals surface area contributed by atoms with Crippen LogP contribution >= 0.6 is 0 Å². The summed E-state index contributed by atoms with van der Waals surface area (Å²) in [6.45, 7) is 3.84. The maximum absolute atomic E-state index is 11.9. The molecule has 0 saturated heterocycles. The lowest BCUT2D eigenvalue weighted by Gasteiger charge is -2.19. The van der Waals surface area contributed by atoms with E-state index in [0.29, 0.717) is 11.5 Å². The number of nitrogens with one attached hydrogen (secondary N) is 3. The van der Waals surface area contributed by atoms with Crippen LogP contribution in [0.25, 0.3) is 0 Å². The van der Waals surface area contributed by atoms with E-state index >= 15 is 0 Å². The smallest absolute Gasteiger partial charge is 0.272 e. The van der Waals surface area contributed by atoms with Gasteiger partial charge in [0.05, 0.1) is 6.54 Å². The van der Waals surface area contributed by atoms with Crippen molar-refractivity contribution in [3.05, 3.63) is 12.0 Å². The molecule has 90 valence electrons. The van der Waals surface area contributed by atoms with Crippen LogP contribution in [0.5, 0.6) is 0 Å². The van der Waals surface area contributed by atoms with E-state index in [-0.39, 0.29) is 30.1 Å². The Balaban J connectivity index is 2.33. The van der Waals surface area contributed by atoms with Crippen LogP contribution in [-0.4, -0.2) is 34.4 Å². The molecule has 0 spiro atoms. The molecule has 1 aliphatic heterocycles. The van der Waals surface area contributed by atoms with Gasteiger partial charge in [-0.2, -0.15) is 0 Å². The summed E-state index contributed by atoms with van der Waals surface area (Å²) in [5.41, 5.74) is 0.703. The van der Waals surface area contributed by atoms with Crippen molar-refractivity contribution in [3.63, 3.8) is 0 Å². The standard InChI is InChI=1S/C10H13N5O2/c1-5(2)14-10(17)8-7-9(13-4-12-8)15-6(16)3-11-7/h4-5,11H,3H2,1-2H3,(H,14,17)(H,12,13,15,16). The van der Waals surface area contributed by atoms with Crippen LogP contribution in [0.1, 0.15) is 24.3 Å². The Morgan fingerprint density at radius 2 is 2.24 bits per heavy atom. The second-order valence-corrected chi connectivity index (χ2v) is 3.98. The third-order valence-corrected chi connectivity index (χ3v) is 2.17. The first-order chi connectivity index (χ1) is 8.08. The molecular weight excluding hydrogens is 222 g/mol. The molecular formula is C10H13N5O2. The largest absolute Gasteiger partial charge is 0.371 e. The molecule has 0 unspecified atom stereocenters. The van der Waals surface area contributed by atoms with Crippen molar-refractivity contribution >= 4 is 23.3 Å². The molecule has 0 aromatic carbocycles. The number of amides is 2. The van der Waals surface area contributed by atoms with Crippen molar-refractivity contribution in [3.8, 4) is 0 Å². The molecule has 0 bridgehead atoms. The second-order valence-electron chi connectivity index (χ2n) is 3.98. The quantitative estimate of drug-likeness (QED) is 0.669. The first kappa shape index (κ1) is 11.3. The van der Waals surface area contributed by atoms with E-state index in [1.807, 2.05) is 13.8 Å². The van der Waals surface area contributed by atoms with Gasteiger partial charge in [0.25, 0.3) is 5.91 Å². The van der Waals surface area contributed by atoms with Gasteiger partial charge in [-0.15, -0.1) is 0 Å². The molecule has 1 aliphatic rings. The number of nitrogens with zero attached hydrogens (tertiary/aromatic N) is 2. The summed E-state index contributed by atoms with van der Waals surface area (Å²) >= 11 is 0. The SMILES string of the molecule is CC(C)NC(=O)c1ncnc2c1NCC(=O)N2. The van der Waals surface area contributed by atoms with Crippen LogP contribution in [0.4, 0.5) is 11.5 Å². The lowest BCUT2D eigenvalue weighted by molar-refractivity contribution is -0.114. The molecule has 7 nitrogen and oxygen atoms in total. The minimum Gasteiger partial charge on any atom is -0.371 e. The highest BCUT2D eigenvalue weighted by Gasteiger charge is 2.23. The molecule has 0 atom stereocenters. The van der Waals surface area contributed by atoms with Gasteiger partial charge in [0.15, 0.2) is 11.5 Å². The first-order valence-corrected chi connectivity index (χ1v) is 5.27. The molecule has 2 amide bonds. The molecule has 3 N–H and O–H groups in total. The third kappa shape index (κ3) is 2.32. The first-order valence-electron chi connectivity index (χ1n) is 5.27. The molecule has 1 aromatic rings. The molecule has 1 aromatic heterocycles. The summed E-state index contributed by atoms with van der Waals surface area (Å²) in [7, 11) is 0. The van der Waals surface area contributed by atoms with E-state index in [2.05, 4.69) is 25.9 Å². The van der Waals surface area contributed by atoms with Crippen LogP contribution in [-0.2, 0) is 4.79 Å². The number of anilines is 2. The maximum atomic E-state index is 11.9. The van der Waals surface area contributed by atoms with Gasteiger partial charge in [0, 0.05) is 6.04 Å². The van der Waals surface area contributed by atoms with E-state index in [1.54, 1.807) is 0 Å². The summed E-state index contributed by atoms with van der Waals surface area (Å²) in [5.74, 6) is -0.140. The van der Waals surface area contributed by atoms with E-state index < -0.39 is 0 Å². The van der Waals surface area contributed by atoms with Crippen molar-refractivity contribution in [2.45, 2.75) is 19.9 Å². The minimum absolute atomic E-state index is 0.0197. The van der Waals surface area contributed by atoms with Gasteiger partial charge in [0.2, 0.25) is 5.91 Å². The van der Waals surface area contributed by atoms with Gasteiger partial charge in [-0.25, -0.2) is 9.97 Å². The van der Waals surface area contributed by atoms with Gasteiger partial charge in [-0.05, 0) is 13.8 Å². The van der Waals surface area contributed by atoms with Crippen LogP contribution in [0, 0.1) is 0 Å². The predicted molar refractivity (Wildman–Crippen MR) is 61.8 cm³/mol. The third-order valence-electron chi connectivity index (χ3n) is 2.17. The zero-order valence-electron chi connectivity index (χ0n) is 9.57. The van der Waals surface area contributed by atoms with Gasteiger partial charge < -0.3 is 16.0 Å². The molecule has 0 aliphatic carbocycles. The Morgan fingerprint density at radius 3 is 2.94 bits per heavy atom. The molecule has 0 saturated carbocycles. The zero-order valence-corrected chi connectivity index (χ0v) is 9.57. The number of hydrogen-bond donors (Lipinski definition) is 3. The number of fused-ring (bicyclic) bond motifs is 1. The Kier molecular flexibility index (Phi) is 2.90.